The van der Waals surface area contributed by atoms with Gasteiger partial charge in [-0.2, -0.15) is 0 Å². The van der Waals surface area contributed by atoms with E-state index in [1.807, 2.05) is 0 Å². The van der Waals surface area contributed by atoms with Crippen LogP contribution in [0.3, 0.4) is 0 Å². The highest BCUT2D eigenvalue weighted by molar-refractivity contribution is 6.31. The van der Waals surface area contributed by atoms with Gasteiger partial charge in [0.05, 0.1) is 17.6 Å². The number of hydrogen-bond donors (Lipinski definition) is 2. The Morgan fingerprint density at radius 1 is 1.21 bits per heavy atom. The van der Waals surface area contributed by atoms with Gasteiger partial charge < -0.3 is 10.2 Å². The molecule has 0 aliphatic carbocycles. The summed E-state index contributed by atoms with van der Waals surface area (Å²) in [4.78, 5) is 24.3. The van der Waals surface area contributed by atoms with Crippen molar-refractivity contribution in [2.45, 2.75) is 13.5 Å². The number of benzene rings is 2. The summed E-state index contributed by atoms with van der Waals surface area (Å²) in [7, 11) is 1.79. The van der Waals surface area contributed by atoms with Gasteiger partial charge in [-0.15, -0.1) is 0 Å². The molecule has 0 aliphatic rings. The van der Waals surface area contributed by atoms with Crippen LogP contribution in [0.15, 0.2) is 42.5 Å². The third-order valence-electron chi connectivity index (χ3n) is 3.56. The Labute approximate surface area is 145 Å². The van der Waals surface area contributed by atoms with Crippen LogP contribution in [-0.4, -0.2) is 25.3 Å². The van der Waals surface area contributed by atoms with E-state index in [1.54, 1.807) is 43.4 Å². The lowest BCUT2D eigenvalue weighted by Crippen LogP contribution is -3.08. The summed E-state index contributed by atoms with van der Waals surface area (Å²) in [6.45, 7) is 1.92. The smallest absolute Gasteiger partial charge is 0.279 e. The van der Waals surface area contributed by atoms with Gasteiger partial charge in [0.1, 0.15) is 12.4 Å². The van der Waals surface area contributed by atoms with Crippen LogP contribution >= 0.6 is 11.6 Å². The molecule has 0 fully saturated rings. The van der Waals surface area contributed by atoms with Crippen molar-refractivity contribution in [2.75, 3.05) is 18.9 Å². The minimum absolute atomic E-state index is 0.0666. The Morgan fingerprint density at radius 2 is 1.92 bits per heavy atom. The van der Waals surface area contributed by atoms with Gasteiger partial charge in [-0.25, -0.2) is 4.39 Å². The van der Waals surface area contributed by atoms with Crippen LogP contribution in [0.25, 0.3) is 0 Å². The van der Waals surface area contributed by atoms with E-state index in [-0.39, 0.29) is 24.1 Å². The number of rotatable bonds is 6. The zero-order chi connectivity index (χ0) is 17.7. The molecule has 0 saturated heterocycles. The van der Waals surface area contributed by atoms with E-state index in [4.69, 9.17) is 11.6 Å². The van der Waals surface area contributed by atoms with Crippen LogP contribution in [0.4, 0.5) is 10.1 Å². The molecule has 2 rings (SSSR count). The molecule has 0 aliphatic heterocycles. The number of quaternary nitrogens is 1. The van der Waals surface area contributed by atoms with Crippen molar-refractivity contribution in [1.82, 2.24) is 0 Å². The van der Waals surface area contributed by atoms with E-state index in [1.165, 1.54) is 13.0 Å². The lowest BCUT2D eigenvalue weighted by Gasteiger charge is -2.15. The Morgan fingerprint density at radius 3 is 2.58 bits per heavy atom. The van der Waals surface area contributed by atoms with Gasteiger partial charge in [0.25, 0.3) is 5.91 Å². The molecule has 2 aromatic rings. The molecule has 0 radical (unpaired) electrons. The highest BCUT2D eigenvalue weighted by atomic mass is 35.5. The van der Waals surface area contributed by atoms with Crippen LogP contribution in [0.5, 0.6) is 0 Å². The van der Waals surface area contributed by atoms with Crippen molar-refractivity contribution in [3.05, 3.63) is 64.4 Å². The second kappa shape index (κ2) is 8.04. The van der Waals surface area contributed by atoms with Crippen LogP contribution in [-0.2, 0) is 11.3 Å². The monoisotopic (exact) mass is 349 g/mol. The van der Waals surface area contributed by atoms with Gasteiger partial charge in [-0.1, -0.05) is 29.8 Å². The van der Waals surface area contributed by atoms with Gasteiger partial charge >= 0.3 is 0 Å². The molecule has 0 aromatic heterocycles. The van der Waals surface area contributed by atoms with Gasteiger partial charge in [0, 0.05) is 11.3 Å². The van der Waals surface area contributed by atoms with E-state index in [2.05, 4.69) is 5.32 Å². The SMILES string of the molecule is CC(=O)c1cccc(NC(=O)C[NH+](C)Cc2c(F)cccc2Cl)c1. The number of nitrogens with one attached hydrogen (secondary N) is 2. The van der Waals surface area contributed by atoms with Crippen molar-refractivity contribution in [3.63, 3.8) is 0 Å². The maximum atomic E-state index is 13.8. The number of hydrogen-bond acceptors (Lipinski definition) is 2. The first kappa shape index (κ1) is 18.1. The first-order valence-corrected chi connectivity index (χ1v) is 7.89. The molecule has 126 valence electrons. The lowest BCUT2D eigenvalue weighted by molar-refractivity contribution is -0.885. The quantitative estimate of drug-likeness (QED) is 0.786. The molecule has 1 atom stereocenters. The summed E-state index contributed by atoms with van der Waals surface area (Å²) < 4.78 is 13.8. The zero-order valence-electron chi connectivity index (χ0n) is 13.5. The number of halogens is 2. The fourth-order valence-electron chi connectivity index (χ4n) is 2.36. The van der Waals surface area contributed by atoms with Crippen LogP contribution in [0.2, 0.25) is 5.02 Å². The third kappa shape index (κ3) is 4.88. The Hall–Kier alpha value is -2.24. The molecule has 1 amide bonds. The van der Waals surface area contributed by atoms with Gasteiger partial charge in [0.2, 0.25) is 0 Å². The molecular formula is C18H19ClFN2O2+. The van der Waals surface area contributed by atoms with Crippen LogP contribution < -0.4 is 10.2 Å². The number of Topliss-reactive ketones (excluding diaryl/α,β-unsaturated/α-hetero) is 1. The van der Waals surface area contributed by atoms with E-state index in [0.29, 0.717) is 28.4 Å². The molecule has 1 unspecified atom stereocenters. The summed E-state index contributed by atoms with van der Waals surface area (Å²) in [6.07, 6.45) is 0. The normalized spacial score (nSPS) is 11.8. The minimum atomic E-state index is -0.378. The Balaban J connectivity index is 1.97. The minimum Gasteiger partial charge on any atom is -0.326 e. The van der Waals surface area contributed by atoms with E-state index in [9.17, 15) is 14.0 Å². The van der Waals surface area contributed by atoms with Gasteiger partial charge in [-0.3, -0.25) is 9.59 Å². The second-order valence-electron chi connectivity index (χ2n) is 5.70. The number of carbonyl (C=O) groups is 2. The Bertz CT molecular complexity index is 744. The van der Waals surface area contributed by atoms with Crippen LogP contribution in [0.1, 0.15) is 22.8 Å². The second-order valence-corrected chi connectivity index (χ2v) is 6.10. The number of anilines is 1. The van der Waals surface area contributed by atoms with Crippen molar-refractivity contribution in [1.29, 1.82) is 0 Å². The predicted octanol–water partition coefficient (Wildman–Crippen LogP) is 2.34. The first-order chi connectivity index (χ1) is 11.4. The van der Waals surface area contributed by atoms with Gasteiger partial charge in [-0.05, 0) is 31.2 Å². The molecular weight excluding hydrogens is 331 g/mol. The molecule has 24 heavy (non-hydrogen) atoms. The Kier molecular flexibility index (Phi) is 6.06. The largest absolute Gasteiger partial charge is 0.326 e. The van der Waals surface area contributed by atoms with Crippen molar-refractivity contribution in [3.8, 4) is 0 Å². The third-order valence-corrected chi connectivity index (χ3v) is 3.91. The molecule has 6 heteroatoms. The summed E-state index contributed by atoms with van der Waals surface area (Å²) in [5, 5.41) is 3.10. The highest BCUT2D eigenvalue weighted by Crippen LogP contribution is 2.17. The predicted molar refractivity (Wildman–Crippen MR) is 91.9 cm³/mol. The molecule has 0 saturated carbocycles. The molecule has 2 N–H and O–H groups in total. The molecule has 0 spiro atoms. The van der Waals surface area contributed by atoms with Crippen molar-refractivity contribution in [2.24, 2.45) is 0 Å². The summed E-state index contributed by atoms with van der Waals surface area (Å²) in [5.74, 6) is -0.667. The standard InChI is InChI=1S/C18H18ClFN2O2/c1-12(23)13-5-3-6-14(9-13)21-18(24)11-22(2)10-15-16(19)7-4-8-17(15)20/h3-9H,10-11H2,1-2H3,(H,21,24)/p+1. The first-order valence-electron chi connectivity index (χ1n) is 7.52. The number of amides is 1. The summed E-state index contributed by atoms with van der Waals surface area (Å²) in [6, 6.07) is 11.3. The topological polar surface area (TPSA) is 50.6 Å². The maximum absolute atomic E-state index is 13.8. The van der Waals surface area contributed by atoms with Crippen molar-refractivity contribution >= 4 is 29.0 Å². The average molecular weight is 350 g/mol. The fraction of sp³-hybridized carbons (Fsp3) is 0.222. The van der Waals surface area contributed by atoms with E-state index >= 15 is 0 Å². The fourth-order valence-corrected chi connectivity index (χ4v) is 2.59. The van der Waals surface area contributed by atoms with E-state index in [0.717, 1.165) is 4.90 Å². The van der Waals surface area contributed by atoms with E-state index < -0.39 is 0 Å². The number of carbonyl (C=O) groups excluding carboxylic acids is 2. The van der Waals surface area contributed by atoms with Crippen molar-refractivity contribution < 1.29 is 18.9 Å². The molecule has 4 nitrogen and oxygen atoms in total. The zero-order valence-corrected chi connectivity index (χ0v) is 14.3. The molecule has 0 bridgehead atoms. The maximum Gasteiger partial charge on any atom is 0.279 e. The number of ketones is 1. The highest BCUT2D eigenvalue weighted by Gasteiger charge is 2.15. The number of likely N-dealkylation sites (N-methyl/N-ethyl adjacent to an activating group) is 1. The lowest BCUT2D eigenvalue weighted by atomic mass is 10.1. The summed E-state index contributed by atoms with van der Waals surface area (Å²) >= 11 is 6.00. The molecule has 0 heterocycles. The average Bonchev–Trinajstić information content (AvgIpc) is 2.51. The molecule has 2 aromatic carbocycles. The van der Waals surface area contributed by atoms with Crippen LogP contribution in [0, 0.1) is 5.82 Å². The summed E-state index contributed by atoms with van der Waals surface area (Å²) in [5.41, 5.74) is 1.49. The van der Waals surface area contributed by atoms with Gasteiger partial charge in [0.15, 0.2) is 12.3 Å².